The van der Waals surface area contributed by atoms with Crippen molar-refractivity contribution in [1.29, 1.82) is 0 Å². The van der Waals surface area contributed by atoms with E-state index in [1.165, 1.54) is 31.6 Å². The number of rotatable bonds is 1. The van der Waals surface area contributed by atoms with Crippen LogP contribution in [0.4, 0.5) is 5.69 Å². The molecule has 102 valence electrons. The maximum atomic E-state index is 6.27. The molecule has 4 aliphatic heterocycles. The van der Waals surface area contributed by atoms with Gasteiger partial charge in [0.15, 0.2) is 0 Å². The van der Waals surface area contributed by atoms with Crippen molar-refractivity contribution < 1.29 is 4.74 Å². The molecule has 4 saturated heterocycles. The first-order chi connectivity index (χ1) is 9.25. The number of fused-ring (bicyclic) bond motifs is 2. The fourth-order valence-corrected chi connectivity index (χ4v) is 4.20. The minimum atomic E-state index is 0.0756. The molecule has 5 heterocycles. The van der Waals surface area contributed by atoms with E-state index in [-0.39, 0.29) is 5.60 Å². The highest BCUT2D eigenvalue weighted by molar-refractivity contribution is 9.10. The minimum absolute atomic E-state index is 0.0756. The average molecular weight is 324 g/mol. The molecule has 5 rings (SSSR count). The second kappa shape index (κ2) is 4.43. The molecule has 0 amide bonds. The van der Waals surface area contributed by atoms with Crippen molar-refractivity contribution in [2.45, 2.75) is 18.4 Å². The third-order valence-electron chi connectivity index (χ3n) is 4.86. The van der Waals surface area contributed by atoms with Gasteiger partial charge in [-0.05, 0) is 59.9 Å². The largest absolute Gasteiger partial charge is 0.351 e. The van der Waals surface area contributed by atoms with Gasteiger partial charge in [-0.3, -0.25) is 0 Å². The summed E-state index contributed by atoms with van der Waals surface area (Å²) in [6.45, 7) is 5.36. The van der Waals surface area contributed by atoms with E-state index in [0.29, 0.717) is 6.73 Å². The number of hydrogen-bond donors (Lipinski definition) is 0. The van der Waals surface area contributed by atoms with Gasteiger partial charge in [0.2, 0.25) is 0 Å². The Hall–Kier alpha value is -0.650. The number of anilines is 1. The van der Waals surface area contributed by atoms with Crippen LogP contribution < -0.4 is 4.90 Å². The molecule has 1 atom stereocenters. The molecular weight excluding hydrogens is 306 g/mol. The summed E-state index contributed by atoms with van der Waals surface area (Å²) < 4.78 is 7.16. The summed E-state index contributed by atoms with van der Waals surface area (Å²) in [7, 11) is 0. The van der Waals surface area contributed by atoms with Crippen LogP contribution in [0.25, 0.3) is 0 Å². The molecule has 0 unspecified atom stereocenters. The second-order valence-corrected chi connectivity index (χ2v) is 6.74. The topological polar surface area (TPSA) is 28.6 Å². The van der Waals surface area contributed by atoms with E-state index in [4.69, 9.17) is 4.74 Å². The predicted octanol–water partition coefficient (Wildman–Crippen LogP) is 2.10. The number of halogens is 1. The first-order valence-electron chi connectivity index (χ1n) is 6.98. The van der Waals surface area contributed by atoms with E-state index in [0.717, 1.165) is 23.6 Å². The fraction of sp³-hybridized carbons (Fsp3) is 0.643. The number of pyridine rings is 1. The van der Waals surface area contributed by atoms with Gasteiger partial charge in [-0.1, -0.05) is 0 Å². The molecule has 19 heavy (non-hydrogen) atoms. The molecule has 0 radical (unpaired) electrons. The normalized spacial score (nSPS) is 37.2. The summed E-state index contributed by atoms with van der Waals surface area (Å²) in [6, 6.07) is 4.14. The quantitative estimate of drug-likeness (QED) is 0.740. The number of nitrogens with zero attached hydrogens (tertiary/aromatic N) is 3. The maximum Gasteiger partial charge on any atom is 0.119 e. The van der Waals surface area contributed by atoms with Crippen LogP contribution in [0.1, 0.15) is 12.8 Å². The standard InChI is InChI=1S/C14H18BrN3O/c15-13-7-12(1-4-16-13)18-9-14(19-10-18)8-17-5-2-11(14)3-6-17/h1,4,7,11H,2-3,5-6,8-10H2/t14-/m1/s1. The van der Waals surface area contributed by atoms with Gasteiger partial charge in [0.05, 0.1) is 6.54 Å². The number of ether oxygens (including phenoxy) is 1. The Morgan fingerprint density at radius 1 is 1.32 bits per heavy atom. The Labute approximate surface area is 121 Å². The van der Waals surface area contributed by atoms with Gasteiger partial charge in [-0.25, -0.2) is 4.98 Å². The monoisotopic (exact) mass is 323 g/mol. The lowest BCUT2D eigenvalue weighted by Gasteiger charge is -2.50. The summed E-state index contributed by atoms with van der Waals surface area (Å²) in [5.74, 6) is 0.743. The Morgan fingerprint density at radius 2 is 2.16 bits per heavy atom. The van der Waals surface area contributed by atoms with Crippen molar-refractivity contribution in [3.8, 4) is 0 Å². The zero-order valence-corrected chi connectivity index (χ0v) is 12.5. The van der Waals surface area contributed by atoms with Crippen LogP contribution in [0, 0.1) is 5.92 Å². The Morgan fingerprint density at radius 3 is 2.84 bits per heavy atom. The maximum absolute atomic E-state index is 6.27. The van der Waals surface area contributed by atoms with Crippen LogP contribution in [0.3, 0.4) is 0 Å². The Balaban J connectivity index is 1.57. The first kappa shape index (κ1) is 12.1. The third-order valence-corrected chi connectivity index (χ3v) is 5.30. The van der Waals surface area contributed by atoms with Crippen LogP contribution in [0.15, 0.2) is 22.9 Å². The molecule has 4 nitrogen and oxygen atoms in total. The van der Waals surface area contributed by atoms with Crippen LogP contribution in [-0.4, -0.2) is 48.4 Å². The molecular formula is C14H18BrN3O. The number of piperidine rings is 3. The molecule has 4 fully saturated rings. The van der Waals surface area contributed by atoms with Crippen molar-refractivity contribution in [1.82, 2.24) is 9.88 Å². The molecule has 0 N–H and O–H groups in total. The molecule has 0 aliphatic carbocycles. The Kier molecular flexibility index (Phi) is 2.83. The van der Waals surface area contributed by atoms with Gasteiger partial charge in [-0.15, -0.1) is 0 Å². The molecule has 1 aromatic rings. The summed E-state index contributed by atoms with van der Waals surface area (Å²) in [6.07, 6.45) is 4.45. The molecule has 2 bridgehead atoms. The van der Waals surface area contributed by atoms with E-state index < -0.39 is 0 Å². The predicted molar refractivity (Wildman–Crippen MR) is 77.1 cm³/mol. The van der Waals surface area contributed by atoms with Gasteiger partial charge >= 0.3 is 0 Å². The van der Waals surface area contributed by atoms with Crippen molar-refractivity contribution in [3.05, 3.63) is 22.9 Å². The summed E-state index contributed by atoms with van der Waals surface area (Å²) in [5, 5.41) is 0. The SMILES string of the molecule is Brc1cc(N2CO[C@]3(CN4CCC3CC4)C2)ccn1. The van der Waals surface area contributed by atoms with Gasteiger partial charge in [0.25, 0.3) is 0 Å². The first-order valence-corrected chi connectivity index (χ1v) is 7.77. The highest BCUT2D eigenvalue weighted by Crippen LogP contribution is 2.42. The van der Waals surface area contributed by atoms with E-state index in [9.17, 15) is 0 Å². The summed E-state index contributed by atoms with van der Waals surface area (Å²) in [4.78, 5) is 9.10. The van der Waals surface area contributed by atoms with Gasteiger partial charge in [0.1, 0.15) is 16.9 Å². The van der Waals surface area contributed by atoms with E-state index >= 15 is 0 Å². The summed E-state index contributed by atoms with van der Waals surface area (Å²) >= 11 is 3.44. The molecule has 4 aliphatic rings. The van der Waals surface area contributed by atoms with Crippen LogP contribution in [-0.2, 0) is 4.74 Å². The van der Waals surface area contributed by atoms with Crippen molar-refractivity contribution >= 4 is 21.6 Å². The van der Waals surface area contributed by atoms with Gasteiger partial charge in [0, 0.05) is 18.4 Å². The third kappa shape index (κ3) is 1.99. The molecule has 1 spiro atoms. The van der Waals surface area contributed by atoms with Gasteiger partial charge < -0.3 is 14.5 Å². The van der Waals surface area contributed by atoms with E-state index in [1.54, 1.807) is 0 Å². The zero-order chi connectivity index (χ0) is 12.9. The molecule has 5 heteroatoms. The van der Waals surface area contributed by atoms with E-state index in [2.05, 4.69) is 42.8 Å². The molecule has 0 saturated carbocycles. The summed E-state index contributed by atoms with van der Waals surface area (Å²) in [5.41, 5.74) is 1.28. The lowest BCUT2D eigenvalue weighted by Crippen LogP contribution is -2.61. The van der Waals surface area contributed by atoms with Crippen molar-refractivity contribution in [3.63, 3.8) is 0 Å². The fourth-order valence-electron chi connectivity index (χ4n) is 3.84. The van der Waals surface area contributed by atoms with Crippen molar-refractivity contribution in [2.24, 2.45) is 5.92 Å². The average Bonchev–Trinajstić information content (AvgIpc) is 2.84. The van der Waals surface area contributed by atoms with Crippen molar-refractivity contribution in [2.75, 3.05) is 37.8 Å². The number of hydrogen-bond acceptors (Lipinski definition) is 4. The van der Waals surface area contributed by atoms with E-state index in [1.807, 2.05) is 6.20 Å². The minimum Gasteiger partial charge on any atom is -0.351 e. The second-order valence-electron chi connectivity index (χ2n) is 5.92. The van der Waals surface area contributed by atoms with Gasteiger partial charge in [-0.2, -0.15) is 0 Å². The number of aromatic nitrogens is 1. The zero-order valence-electron chi connectivity index (χ0n) is 10.9. The lowest BCUT2D eigenvalue weighted by atomic mass is 9.75. The highest BCUT2D eigenvalue weighted by atomic mass is 79.9. The smallest absolute Gasteiger partial charge is 0.119 e. The van der Waals surface area contributed by atoms with Crippen LogP contribution in [0.2, 0.25) is 0 Å². The lowest BCUT2D eigenvalue weighted by molar-refractivity contribution is -0.116. The molecule has 1 aromatic heterocycles. The van der Waals surface area contributed by atoms with Crippen LogP contribution in [0.5, 0.6) is 0 Å². The Bertz CT molecular complexity index is 489. The highest BCUT2D eigenvalue weighted by Gasteiger charge is 2.51. The van der Waals surface area contributed by atoms with Crippen LogP contribution >= 0.6 is 15.9 Å². The molecule has 0 aromatic carbocycles.